The highest BCUT2D eigenvalue weighted by Crippen LogP contribution is 2.13. The largest absolute Gasteiger partial charge is 0.497 e. The van der Waals surface area contributed by atoms with E-state index in [9.17, 15) is 9.59 Å². The van der Waals surface area contributed by atoms with Crippen LogP contribution >= 0.6 is 0 Å². The minimum Gasteiger partial charge on any atom is -0.497 e. The number of hydrogen-bond acceptors (Lipinski definition) is 7. The van der Waals surface area contributed by atoms with Crippen molar-refractivity contribution in [2.45, 2.75) is 6.92 Å². The molecule has 118 valence electrons. The third-order valence-corrected chi connectivity index (χ3v) is 3.14. The van der Waals surface area contributed by atoms with E-state index in [0.29, 0.717) is 11.4 Å². The first-order valence-corrected chi connectivity index (χ1v) is 6.80. The molecule has 0 amide bonds. The van der Waals surface area contributed by atoms with Crippen molar-refractivity contribution < 1.29 is 14.3 Å². The molecular formula is C14H13N5O4. The number of ether oxygens (including phenoxy) is 2. The van der Waals surface area contributed by atoms with Gasteiger partial charge in [-0.2, -0.15) is 4.68 Å². The van der Waals surface area contributed by atoms with Crippen LogP contribution in [0.4, 0.5) is 0 Å². The number of benzene rings is 1. The van der Waals surface area contributed by atoms with Gasteiger partial charge in [0.2, 0.25) is 0 Å². The predicted octanol–water partition coefficient (Wildman–Crippen LogP) is 0.460. The number of hydrogen-bond donors (Lipinski definition) is 0. The Morgan fingerprint density at radius 3 is 2.65 bits per heavy atom. The Balaban J connectivity index is 2.09. The second kappa shape index (κ2) is 5.87. The first-order chi connectivity index (χ1) is 11.2. The van der Waals surface area contributed by atoms with E-state index in [0.717, 1.165) is 9.08 Å². The number of fused-ring (bicyclic) bond motifs is 1. The molecule has 0 bridgehead atoms. The van der Waals surface area contributed by atoms with Crippen LogP contribution in [0, 0.1) is 0 Å². The van der Waals surface area contributed by atoms with E-state index in [1.165, 1.54) is 6.33 Å². The van der Waals surface area contributed by atoms with Gasteiger partial charge in [0.1, 0.15) is 12.1 Å². The van der Waals surface area contributed by atoms with Crippen LogP contribution in [0.1, 0.15) is 17.4 Å². The summed E-state index contributed by atoms with van der Waals surface area (Å²) < 4.78 is 12.2. The number of esters is 1. The number of methoxy groups -OCH3 is 1. The molecule has 0 N–H and O–H groups in total. The number of aromatic nitrogens is 5. The normalized spacial score (nSPS) is 10.7. The molecule has 23 heavy (non-hydrogen) atoms. The first-order valence-electron chi connectivity index (χ1n) is 6.80. The summed E-state index contributed by atoms with van der Waals surface area (Å²) in [5, 5.41) is 7.76. The molecule has 1 aromatic carbocycles. The number of nitrogens with zero attached hydrogens (tertiary/aromatic N) is 5. The molecule has 0 saturated carbocycles. The van der Waals surface area contributed by atoms with Crippen molar-refractivity contribution in [2.24, 2.45) is 0 Å². The lowest BCUT2D eigenvalue weighted by molar-refractivity contribution is 0.0522. The molecule has 3 rings (SSSR count). The molecule has 0 saturated heterocycles. The van der Waals surface area contributed by atoms with Gasteiger partial charge in [-0.25, -0.2) is 19.0 Å². The zero-order chi connectivity index (χ0) is 16.4. The smallest absolute Gasteiger partial charge is 0.360 e. The monoisotopic (exact) mass is 315 g/mol. The van der Waals surface area contributed by atoms with E-state index >= 15 is 0 Å². The zero-order valence-corrected chi connectivity index (χ0v) is 12.5. The van der Waals surface area contributed by atoms with E-state index in [2.05, 4.69) is 15.3 Å². The van der Waals surface area contributed by atoms with Gasteiger partial charge >= 0.3 is 11.7 Å². The highest BCUT2D eigenvalue weighted by Gasteiger charge is 2.19. The second-order valence-electron chi connectivity index (χ2n) is 4.49. The van der Waals surface area contributed by atoms with Crippen LogP contribution in [-0.4, -0.2) is 44.1 Å². The molecule has 0 spiro atoms. The molecule has 2 heterocycles. The SMILES string of the molecule is CCOC(=O)c1ncn2c(=O)n(-c3ccc(OC)cc3)nnc12. The van der Waals surface area contributed by atoms with E-state index < -0.39 is 11.7 Å². The van der Waals surface area contributed by atoms with Gasteiger partial charge in [0, 0.05) is 0 Å². The maximum absolute atomic E-state index is 12.5. The molecule has 3 aromatic rings. The molecule has 0 unspecified atom stereocenters. The van der Waals surface area contributed by atoms with Gasteiger partial charge in [0.25, 0.3) is 0 Å². The lowest BCUT2D eigenvalue weighted by Crippen LogP contribution is -2.28. The maximum Gasteiger partial charge on any atom is 0.360 e. The fraction of sp³-hybridized carbons (Fsp3) is 0.214. The Morgan fingerprint density at radius 2 is 2.00 bits per heavy atom. The van der Waals surface area contributed by atoms with E-state index in [1.807, 2.05) is 0 Å². The van der Waals surface area contributed by atoms with Crippen LogP contribution in [0.25, 0.3) is 11.3 Å². The van der Waals surface area contributed by atoms with Crippen LogP contribution < -0.4 is 10.4 Å². The number of rotatable bonds is 4. The molecule has 0 atom stereocenters. The fourth-order valence-corrected chi connectivity index (χ4v) is 2.03. The molecule has 0 aliphatic rings. The molecule has 9 nitrogen and oxygen atoms in total. The fourth-order valence-electron chi connectivity index (χ4n) is 2.03. The summed E-state index contributed by atoms with van der Waals surface area (Å²) in [6, 6.07) is 6.74. The quantitative estimate of drug-likeness (QED) is 0.645. The molecule has 0 aliphatic carbocycles. The van der Waals surface area contributed by atoms with Gasteiger partial charge in [-0.1, -0.05) is 5.21 Å². The van der Waals surface area contributed by atoms with Crippen LogP contribution in [0.3, 0.4) is 0 Å². The average molecular weight is 315 g/mol. The summed E-state index contributed by atoms with van der Waals surface area (Å²) in [6.07, 6.45) is 1.22. The average Bonchev–Trinajstić information content (AvgIpc) is 3.01. The van der Waals surface area contributed by atoms with Gasteiger partial charge < -0.3 is 9.47 Å². The van der Waals surface area contributed by atoms with Crippen LogP contribution in [-0.2, 0) is 4.74 Å². The zero-order valence-electron chi connectivity index (χ0n) is 12.5. The van der Waals surface area contributed by atoms with Gasteiger partial charge in [-0.05, 0) is 31.2 Å². The van der Waals surface area contributed by atoms with Gasteiger partial charge in [0.15, 0.2) is 11.3 Å². The van der Waals surface area contributed by atoms with Gasteiger partial charge in [-0.3, -0.25) is 0 Å². The van der Waals surface area contributed by atoms with Crippen molar-refractivity contribution in [1.29, 1.82) is 0 Å². The van der Waals surface area contributed by atoms with E-state index in [-0.39, 0.29) is 17.9 Å². The van der Waals surface area contributed by atoms with Crippen LogP contribution in [0.2, 0.25) is 0 Å². The van der Waals surface area contributed by atoms with Crippen LogP contribution in [0.5, 0.6) is 5.75 Å². The highest BCUT2D eigenvalue weighted by molar-refractivity contribution is 5.93. The minimum atomic E-state index is -0.647. The van der Waals surface area contributed by atoms with Gasteiger partial charge in [-0.15, -0.1) is 5.10 Å². The van der Waals surface area contributed by atoms with Crippen LogP contribution in [0.15, 0.2) is 35.4 Å². The Bertz CT molecular complexity index is 913. The molecular weight excluding hydrogens is 302 g/mol. The second-order valence-corrected chi connectivity index (χ2v) is 4.49. The lowest BCUT2D eigenvalue weighted by atomic mass is 10.3. The van der Waals surface area contributed by atoms with Crippen molar-refractivity contribution in [3.63, 3.8) is 0 Å². The van der Waals surface area contributed by atoms with E-state index in [1.54, 1.807) is 38.3 Å². The third-order valence-electron chi connectivity index (χ3n) is 3.14. The van der Waals surface area contributed by atoms with Crippen molar-refractivity contribution in [1.82, 2.24) is 24.4 Å². The first kappa shape index (κ1) is 14.7. The standard InChI is InChI=1S/C14H13N5O4/c1-3-23-13(20)11-12-16-17-19(14(21)18(12)8-15-11)9-4-6-10(22-2)7-5-9/h4-8H,3H2,1-2H3. The summed E-state index contributed by atoms with van der Waals surface area (Å²) >= 11 is 0. The highest BCUT2D eigenvalue weighted by atomic mass is 16.5. The van der Waals surface area contributed by atoms with Crippen molar-refractivity contribution in [3.8, 4) is 11.4 Å². The Kier molecular flexibility index (Phi) is 3.75. The number of carbonyl (C=O) groups excluding carboxylic acids is 1. The molecule has 0 aliphatic heterocycles. The minimum absolute atomic E-state index is 0.0432. The summed E-state index contributed by atoms with van der Waals surface area (Å²) in [7, 11) is 1.55. The van der Waals surface area contributed by atoms with Gasteiger partial charge in [0.05, 0.1) is 19.4 Å². The summed E-state index contributed by atoms with van der Waals surface area (Å²) in [5.74, 6) is 0.00830. The molecule has 0 radical (unpaired) electrons. The maximum atomic E-state index is 12.5. The summed E-state index contributed by atoms with van der Waals surface area (Å²) in [4.78, 5) is 28.1. The lowest BCUT2D eigenvalue weighted by Gasteiger charge is -2.05. The molecule has 9 heteroatoms. The third kappa shape index (κ3) is 2.52. The summed E-state index contributed by atoms with van der Waals surface area (Å²) in [5.41, 5.74) is 0.0244. The van der Waals surface area contributed by atoms with E-state index in [4.69, 9.17) is 9.47 Å². The predicted molar refractivity (Wildman–Crippen MR) is 78.9 cm³/mol. The van der Waals surface area contributed by atoms with Crippen molar-refractivity contribution in [3.05, 3.63) is 46.8 Å². The Labute approximate surface area is 130 Å². The number of imidazole rings is 1. The summed E-state index contributed by atoms with van der Waals surface area (Å²) in [6.45, 7) is 1.88. The topological polar surface area (TPSA) is 101 Å². The van der Waals surface area contributed by atoms with Crippen molar-refractivity contribution >= 4 is 11.6 Å². The Morgan fingerprint density at radius 1 is 1.26 bits per heavy atom. The number of carbonyl (C=O) groups is 1. The van der Waals surface area contributed by atoms with Crippen molar-refractivity contribution in [2.75, 3.05) is 13.7 Å². The Hall–Kier alpha value is -3.23. The molecule has 0 fully saturated rings. The molecule has 2 aromatic heterocycles.